The van der Waals surface area contributed by atoms with Gasteiger partial charge in [0.05, 0.1) is 11.4 Å². The topological polar surface area (TPSA) is 93.7 Å². The van der Waals surface area contributed by atoms with Gasteiger partial charge in [-0.3, -0.25) is 4.84 Å². The van der Waals surface area contributed by atoms with Crippen molar-refractivity contribution in [2.24, 2.45) is 0 Å². The number of ether oxygens (including phenoxy) is 1. The summed E-state index contributed by atoms with van der Waals surface area (Å²) in [5, 5.41) is 2.44. The number of carbonyl (C=O) groups excluding carboxylic acids is 1. The van der Waals surface area contributed by atoms with E-state index in [-0.39, 0.29) is 13.2 Å². The average molecular weight is 296 g/mol. The zero-order chi connectivity index (χ0) is 15.3. The first-order chi connectivity index (χ1) is 8.35. The van der Waals surface area contributed by atoms with E-state index < -0.39 is 26.5 Å². The Kier molecular flexibility index (Phi) is 6.24. The molecule has 0 aromatic carbocycles. The molecule has 0 aromatic rings. The second-order valence-electron chi connectivity index (χ2n) is 5.98. The molecule has 8 heteroatoms. The predicted molar refractivity (Wildman–Crippen MR) is 72.0 cm³/mol. The fraction of sp³-hybridized carbons (Fsp3) is 0.909. The summed E-state index contributed by atoms with van der Waals surface area (Å²) in [4.78, 5) is 18.0. The average Bonchev–Trinajstić information content (AvgIpc) is 2.11. The van der Waals surface area contributed by atoms with Crippen molar-refractivity contribution < 1.29 is 22.8 Å². The molecule has 2 N–H and O–H groups in total. The van der Waals surface area contributed by atoms with Gasteiger partial charge in [-0.15, -0.1) is 0 Å². The summed E-state index contributed by atoms with van der Waals surface area (Å²) in [6.07, 6.45) is -0.574. The third-order valence-electron chi connectivity index (χ3n) is 1.85. The fourth-order valence-corrected chi connectivity index (χ4v) is 1.25. The van der Waals surface area contributed by atoms with E-state index in [9.17, 15) is 13.2 Å². The maximum absolute atomic E-state index is 11.6. The van der Waals surface area contributed by atoms with Crippen molar-refractivity contribution in [1.29, 1.82) is 0 Å². The Bertz CT molecular complexity index is 392. The summed E-state index contributed by atoms with van der Waals surface area (Å²) in [5.74, 6) is 0. The molecule has 0 spiro atoms. The van der Waals surface area contributed by atoms with Crippen LogP contribution in [0.1, 0.15) is 41.5 Å². The van der Waals surface area contributed by atoms with Crippen LogP contribution in [0, 0.1) is 0 Å². The van der Waals surface area contributed by atoms with Gasteiger partial charge in [0.2, 0.25) is 10.0 Å². The molecule has 0 heterocycles. The Balaban J connectivity index is 3.87. The molecule has 0 saturated heterocycles. The molecule has 0 bridgehead atoms. The normalized spacial score (nSPS) is 13.2. The van der Waals surface area contributed by atoms with Crippen LogP contribution < -0.4 is 10.2 Å². The number of amides is 1. The molecule has 0 unspecified atom stereocenters. The number of carbonyl (C=O) groups is 1. The van der Waals surface area contributed by atoms with Crippen LogP contribution in [-0.4, -0.2) is 38.0 Å². The Morgan fingerprint density at radius 1 is 1.11 bits per heavy atom. The van der Waals surface area contributed by atoms with Crippen LogP contribution in [0.5, 0.6) is 0 Å². The molecule has 0 fully saturated rings. The lowest BCUT2D eigenvalue weighted by atomic mass is 10.2. The SMILES string of the molecule is CC(C)(C)OC(=O)NCCONS(=O)(=O)C(C)(C)C. The molecule has 19 heavy (non-hydrogen) atoms. The Morgan fingerprint density at radius 2 is 1.63 bits per heavy atom. The van der Waals surface area contributed by atoms with E-state index >= 15 is 0 Å². The van der Waals surface area contributed by atoms with E-state index in [1.807, 2.05) is 4.89 Å². The van der Waals surface area contributed by atoms with Gasteiger partial charge < -0.3 is 10.1 Å². The molecule has 0 aliphatic carbocycles. The maximum atomic E-state index is 11.6. The summed E-state index contributed by atoms with van der Waals surface area (Å²) in [5.41, 5.74) is -0.571. The zero-order valence-corrected chi connectivity index (χ0v) is 13.2. The van der Waals surface area contributed by atoms with Gasteiger partial charge in [0.25, 0.3) is 0 Å². The molecule has 0 atom stereocenters. The first kappa shape index (κ1) is 18.1. The summed E-state index contributed by atoms with van der Waals surface area (Å²) < 4.78 is 27.2. The lowest BCUT2D eigenvalue weighted by molar-refractivity contribution is 0.0475. The Labute approximate surface area is 115 Å². The van der Waals surface area contributed by atoms with Gasteiger partial charge in [-0.05, 0) is 41.5 Å². The third-order valence-corrected chi connectivity index (χ3v) is 3.80. The number of hydrogen-bond acceptors (Lipinski definition) is 5. The van der Waals surface area contributed by atoms with E-state index in [1.165, 1.54) is 0 Å². The molecule has 0 aliphatic rings. The van der Waals surface area contributed by atoms with Gasteiger partial charge in [0.15, 0.2) is 0 Å². The van der Waals surface area contributed by atoms with Crippen molar-refractivity contribution in [3.8, 4) is 0 Å². The van der Waals surface area contributed by atoms with Crippen LogP contribution in [0.2, 0.25) is 0 Å². The first-order valence-corrected chi connectivity index (χ1v) is 7.43. The van der Waals surface area contributed by atoms with Crippen molar-refractivity contribution in [2.45, 2.75) is 51.9 Å². The minimum atomic E-state index is -3.54. The highest BCUT2D eigenvalue weighted by molar-refractivity contribution is 7.90. The van der Waals surface area contributed by atoms with Crippen LogP contribution in [0.4, 0.5) is 4.79 Å². The van der Waals surface area contributed by atoms with E-state index in [2.05, 4.69) is 5.32 Å². The van der Waals surface area contributed by atoms with E-state index in [0.29, 0.717) is 0 Å². The largest absolute Gasteiger partial charge is 0.444 e. The molecule has 0 aromatic heterocycles. The van der Waals surface area contributed by atoms with Gasteiger partial charge in [0.1, 0.15) is 5.60 Å². The predicted octanol–water partition coefficient (Wildman–Crippen LogP) is 1.16. The number of hydrogen-bond donors (Lipinski definition) is 2. The molecule has 0 rings (SSSR count). The van der Waals surface area contributed by atoms with E-state index in [0.717, 1.165) is 0 Å². The van der Waals surface area contributed by atoms with Crippen LogP contribution in [-0.2, 0) is 19.6 Å². The smallest absolute Gasteiger partial charge is 0.407 e. The fourth-order valence-electron chi connectivity index (χ4n) is 0.763. The summed E-state index contributed by atoms with van der Waals surface area (Å²) in [7, 11) is -3.54. The van der Waals surface area contributed by atoms with Crippen molar-refractivity contribution in [2.75, 3.05) is 13.2 Å². The lowest BCUT2D eigenvalue weighted by Crippen LogP contribution is -2.41. The van der Waals surface area contributed by atoms with Crippen LogP contribution in [0.15, 0.2) is 0 Å². The molecular formula is C11H24N2O5S. The number of rotatable bonds is 5. The molecule has 114 valence electrons. The van der Waals surface area contributed by atoms with Crippen molar-refractivity contribution >= 4 is 16.1 Å². The molecule has 1 amide bonds. The summed E-state index contributed by atoms with van der Waals surface area (Å²) in [6.45, 7) is 10.1. The highest BCUT2D eigenvalue weighted by Gasteiger charge is 2.29. The van der Waals surface area contributed by atoms with Crippen LogP contribution in [0.3, 0.4) is 0 Å². The highest BCUT2D eigenvalue weighted by Crippen LogP contribution is 2.12. The number of alkyl carbamates (subject to hydrolysis) is 1. The Hall–Kier alpha value is -0.860. The van der Waals surface area contributed by atoms with Crippen LogP contribution >= 0.6 is 0 Å². The van der Waals surface area contributed by atoms with Gasteiger partial charge in [-0.25, -0.2) is 13.2 Å². The van der Waals surface area contributed by atoms with Gasteiger partial charge in [0, 0.05) is 6.54 Å². The van der Waals surface area contributed by atoms with Crippen molar-refractivity contribution in [1.82, 2.24) is 10.2 Å². The van der Waals surface area contributed by atoms with E-state index in [4.69, 9.17) is 9.57 Å². The monoisotopic (exact) mass is 296 g/mol. The van der Waals surface area contributed by atoms with E-state index in [1.54, 1.807) is 41.5 Å². The second kappa shape index (κ2) is 6.53. The second-order valence-corrected chi connectivity index (χ2v) is 8.37. The third kappa shape index (κ3) is 8.02. The summed E-state index contributed by atoms with van der Waals surface area (Å²) in [6, 6.07) is 0. The van der Waals surface area contributed by atoms with Crippen molar-refractivity contribution in [3.63, 3.8) is 0 Å². The number of nitrogens with one attached hydrogen (secondary N) is 2. The van der Waals surface area contributed by atoms with Gasteiger partial charge >= 0.3 is 6.09 Å². The van der Waals surface area contributed by atoms with Gasteiger partial charge in [-0.1, -0.05) is 4.89 Å². The molecule has 0 aliphatic heterocycles. The number of sulfonamides is 1. The molecule has 0 saturated carbocycles. The highest BCUT2D eigenvalue weighted by atomic mass is 32.2. The molecule has 7 nitrogen and oxygen atoms in total. The van der Waals surface area contributed by atoms with Crippen LogP contribution in [0.25, 0.3) is 0 Å². The van der Waals surface area contributed by atoms with Crippen molar-refractivity contribution in [3.05, 3.63) is 0 Å². The zero-order valence-electron chi connectivity index (χ0n) is 12.4. The molecular weight excluding hydrogens is 272 g/mol. The molecule has 0 radical (unpaired) electrons. The lowest BCUT2D eigenvalue weighted by Gasteiger charge is -2.20. The summed E-state index contributed by atoms with van der Waals surface area (Å²) >= 11 is 0. The minimum Gasteiger partial charge on any atom is -0.444 e. The minimum absolute atomic E-state index is 0.00848. The maximum Gasteiger partial charge on any atom is 0.407 e. The Morgan fingerprint density at radius 3 is 2.05 bits per heavy atom. The quantitative estimate of drug-likeness (QED) is 0.586. The first-order valence-electron chi connectivity index (χ1n) is 5.95. The van der Waals surface area contributed by atoms with Gasteiger partial charge in [-0.2, -0.15) is 0 Å². The standard InChI is InChI=1S/C11H24N2O5S/c1-10(2,3)18-9(14)12-7-8-17-13-19(15,16)11(4,5)6/h13H,7-8H2,1-6H3,(H,12,14).